The van der Waals surface area contributed by atoms with Gasteiger partial charge < -0.3 is 14.9 Å². The fourth-order valence-electron chi connectivity index (χ4n) is 3.49. The Kier molecular flexibility index (Phi) is 4.96. The van der Waals surface area contributed by atoms with Crippen LogP contribution in [-0.4, -0.2) is 62.3 Å². The second-order valence-corrected chi connectivity index (χ2v) is 6.62. The van der Waals surface area contributed by atoms with Crippen molar-refractivity contribution in [3.05, 3.63) is 29.3 Å². The van der Waals surface area contributed by atoms with Crippen LogP contribution in [0.3, 0.4) is 0 Å². The maximum atomic E-state index is 12.7. The lowest BCUT2D eigenvalue weighted by molar-refractivity contribution is -1.02. The van der Waals surface area contributed by atoms with Gasteiger partial charge >= 0.3 is 0 Å². The number of carbonyl (C=O) groups excluding carboxylic acids is 2. The summed E-state index contributed by atoms with van der Waals surface area (Å²) in [7, 11) is 0. The van der Waals surface area contributed by atoms with Gasteiger partial charge in [-0.15, -0.1) is 0 Å². The van der Waals surface area contributed by atoms with Gasteiger partial charge in [-0.25, -0.2) is 4.90 Å². The molecule has 3 rings (SSSR count). The number of hydrogen-bond acceptors (Lipinski definition) is 3. The lowest BCUT2D eigenvalue weighted by Gasteiger charge is -2.31. The van der Waals surface area contributed by atoms with E-state index in [0.29, 0.717) is 10.7 Å². The normalized spacial score (nSPS) is 28.4. The number of rotatable bonds is 4. The summed E-state index contributed by atoms with van der Waals surface area (Å²) in [4.78, 5) is 28.9. The van der Waals surface area contributed by atoms with Gasteiger partial charge in [0.25, 0.3) is 5.91 Å². The van der Waals surface area contributed by atoms with E-state index in [0.717, 1.165) is 32.7 Å². The first-order valence-electron chi connectivity index (χ1n) is 8.01. The monoisotopic (exact) mass is 339 g/mol. The summed E-state index contributed by atoms with van der Waals surface area (Å²) in [6.45, 7) is 4.50. The van der Waals surface area contributed by atoms with E-state index in [1.807, 2.05) is 0 Å². The number of aliphatic hydroxyl groups is 1. The predicted molar refractivity (Wildman–Crippen MR) is 85.7 cm³/mol. The fourth-order valence-corrected chi connectivity index (χ4v) is 3.62. The molecule has 1 atom stereocenters. The maximum Gasteiger partial charge on any atom is 0.292 e. The summed E-state index contributed by atoms with van der Waals surface area (Å²) >= 11 is 5.87. The molecule has 3 N–H and O–H groups in total. The number of amides is 2. The Balaban J connectivity index is 1.68. The zero-order valence-corrected chi connectivity index (χ0v) is 13.7. The van der Waals surface area contributed by atoms with Gasteiger partial charge in [-0.05, 0) is 24.3 Å². The molecule has 0 unspecified atom stereocenters. The van der Waals surface area contributed by atoms with Gasteiger partial charge in [-0.2, -0.15) is 0 Å². The number of imide groups is 1. The lowest BCUT2D eigenvalue weighted by atomic mass is 10.1. The molecule has 0 radical (unpaired) electrons. The number of benzene rings is 1. The van der Waals surface area contributed by atoms with Gasteiger partial charge in [0.1, 0.15) is 32.7 Å². The SMILES string of the molecule is O=C1C[C@@H]([NH+]2CC[NH+](CCO)CC2)C(=O)N1c1ccc(Cl)cc1. The molecule has 0 bridgehead atoms. The average Bonchev–Trinajstić information content (AvgIpc) is 2.84. The highest BCUT2D eigenvalue weighted by atomic mass is 35.5. The molecule has 23 heavy (non-hydrogen) atoms. The van der Waals surface area contributed by atoms with Crippen molar-refractivity contribution in [2.45, 2.75) is 12.5 Å². The standard InChI is InChI=1S/C16H20ClN3O3/c17-12-1-3-13(4-2-12)20-15(22)11-14(16(20)23)19-7-5-18(6-8-19)9-10-21/h1-4,14,21H,5-11H2/p+2/t14-/m1/s1. The molecule has 0 spiro atoms. The van der Waals surface area contributed by atoms with Crippen molar-refractivity contribution in [3.63, 3.8) is 0 Å². The van der Waals surface area contributed by atoms with Crippen LogP contribution in [-0.2, 0) is 9.59 Å². The number of nitrogens with zero attached hydrogens (tertiary/aromatic N) is 1. The van der Waals surface area contributed by atoms with Crippen molar-refractivity contribution in [1.82, 2.24) is 0 Å². The van der Waals surface area contributed by atoms with Crippen LogP contribution in [0.5, 0.6) is 0 Å². The second kappa shape index (κ2) is 6.97. The molecule has 2 heterocycles. The van der Waals surface area contributed by atoms with E-state index >= 15 is 0 Å². The van der Waals surface area contributed by atoms with E-state index < -0.39 is 0 Å². The first kappa shape index (κ1) is 16.4. The van der Waals surface area contributed by atoms with Crippen LogP contribution >= 0.6 is 11.6 Å². The molecule has 0 aliphatic carbocycles. The van der Waals surface area contributed by atoms with Crippen molar-refractivity contribution in [3.8, 4) is 0 Å². The van der Waals surface area contributed by atoms with Crippen LogP contribution in [0.15, 0.2) is 24.3 Å². The Labute approximate surface area is 140 Å². The lowest BCUT2D eigenvalue weighted by Crippen LogP contribution is -3.30. The van der Waals surface area contributed by atoms with E-state index in [1.165, 1.54) is 14.7 Å². The molecule has 2 aliphatic rings. The Bertz CT molecular complexity index is 585. The third-order valence-corrected chi connectivity index (χ3v) is 5.04. The molecular weight excluding hydrogens is 318 g/mol. The highest BCUT2D eigenvalue weighted by molar-refractivity contribution is 6.30. The molecule has 1 aromatic rings. The van der Waals surface area contributed by atoms with Gasteiger partial charge in [0.2, 0.25) is 5.91 Å². The topological polar surface area (TPSA) is 66.5 Å². The van der Waals surface area contributed by atoms with Gasteiger partial charge in [0, 0.05) is 5.02 Å². The summed E-state index contributed by atoms with van der Waals surface area (Å²) in [5.41, 5.74) is 0.593. The number of hydrogen-bond donors (Lipinski definition) is 3. The highest BCUT2D eigenvalue weighted by Gasteiger charge is 2.46. The summed E-state index contributed by atoms with van der Waals surface area (Å²) in [5, 5.41) is 9.59. The summed E-state index contributed by atoms with van der Waals surface area (Å²) in [6, 6.07) is 6.51. The maximum absolute atomic E-state index is 12.7. The fraction of sp³-hybridized carbons (Fsp3) is 0.500. The second-order valence-electron chi connectivity index (χ2n) is 6.18. The van der Waals surface area contributed by atoms with Crippen molar-refractivity contribution in [1.29, 1.82) is 0 Å². The molecule has 124 valence electrons. The molecule has 1 aromatic carbocycles. The van der Waals surface area contributed by atoms with Crippen molar-refractivity contribution in [2.75, 3.05) is 44.2 Å². The average molecular weight is 340 g/mol. The zero-order valence-electron chi connectivity index (χ0n) is 12.9. The zero-order chi connectivity index (χ0) is 16.4. The minimum Gasteiger partial charge on any atom is -0.391 e. The molecule has 0 saturated carbocycles. The van der Waals surface area contributed by atoms with Crippen molar-refractivity contribution < 1.29 is 24.5 Å². The van der Waals surface area contributed by atoms with Crippen LogP contribution in [0.25, 0.3) is 0 Å². The molecule has 2 aliphatic heterocycles. The molecule has 2 saturated heterocycles. The van der Waals surface area contributed by atoms with E-state index in [-0.39, 0.29) is 30.9 Å². The Hall–Kier alpha value is -1.47. The Morgan fingerprint density at radius 3 is 2.39 bits per heavy atom. The largest absolute Gasteiger partial charge is 0.391 e. The van der Waals surface area contributed by atoms with Crippen LogP contribution in [0, 0.1) is 0 Å². The van der Waals surface area contributed by atoms with Crippen LogP contribution in [0.2, 0.25) is 5.02 Å². The highest BCUT2D eigenvalue weighted by Crippen LogP contribution is 2.23. The number of halogens is 1. The van der Waals surface area contributed by atoms with Crippen LogP contribution in [0.4, 0.5) is 5.69 Å². The number of nitrogens with one attached hydrogen (secondary N) is 2. The van der Waals surface area contributed by atoms with Crippen LogP contribution < -0.4 is 14.7 Å². The number of anilines is 1. The molecule has 2 amide bonds. The third-order valence-electron chi connectivity index (χ3n) is 4.79. The summed E-state index contributed by atoms with van der Waals surface area (Å²) in [6.07, 6.45) is 0.270. The van der Waals surface area contributed by atoms with Gasteiger partial charge in [-0.3, -0.25) is 9.59 Å². The van der Waals surface area contributed by atoms with E-state index in [2.05, 4.69) is 0 Å². The molecular formula is C16H22ClN3O3+2. The van der Waals surface area contributed by atoms with E-state index in [9.17, 15) is 9.59 Å². The Morgan fingerprint density at radius 1 is 1.13 bits per heavy atom. The number of aliphatic hydroxyl groups excluding tert-OH is 1. The van der Waals surface area contributed by atoms with Gasteiger partial charge in [-0.1, -0.05) is 11.6 Å². The van der Waals surface area contributed by atoms with Crippen LogP contribution in [0.1, 0.15) is 6.42 Å². The number of piperazine rings is 1. The molecule has 7 heteroatoms. The van der Waals surface area contributed by atoms with Crippen molar-refractivity contribution in [2.24, 2.45) is 0 Å². The summed E-state index contributed by atoms with van der Waals surface area (Å²) < 4.78 is 0. The number of carbonyl (C=O) groups is 2. The van der Waals surface area contributed by atoms with E-state index in [1.54, 1.807) is 24.3 Å². The summed E-state index contributed by atoms with van der Waals surface area (Å²) in [5.74, 6) is -0.252. The predicted octanol–water partition coefficient (Wildman–Crippen LogP) is -2.25. The van der Waals surface area contributed by atoms with Crippen molar-refractivity contribution >= 4 is 29.1 Å². The van der Waals surface area contributed by atoms with Gasteiger partial charge in [0.15, 0.2) is 6.04 Å². The minimum absolute atomic E-state index is 0.113. The van der Waals surface area contributed by atoms with E-state index in [4.69, 9.17) is 16.7 Å². The molecule has 6 nitrogen and oxygen atoms in total. The smallest absolute Gasteiger partial charge is 0.292 e. The Morgan fingerprint density at radius 2 is 1.78 bits per heavy atom. The minimum atomic E-state index is -0.283. The van der Waals surface area contributed by atoms with Gasteiger partial charge in [0.05, 0.1) is 18.7 Å². The number of quaternary nitrogens is 2. The first-order chi connectivity index (χ1) is 11.1. The third kappa shape index (κ3) is 3.40. The molecule has 2 fully saturated rings. The quantitative estimate of drug-likeness (QED) is 0.543. The molecule has 0 aromatic heterocycles. The first-order valence-corrected chi connectivity index (χ1v) is 8.39.